The van der Waals surface area contributed by atoms with Crippen LogP contribution in [0.15, 0.2) is 30.6 Å². The molecule has 0 saturated carbocycles. The zero-order valence-corrected chi connectivity index (χ0v) is 14.9. The van der Waals surface area contributed by atoms with Crippen LogP contribution in [0.1, 0.15) is 44.6 Å². The first-order valence-corrected chi connectivity index (χ1v) is 8.12. The number of hydrogen-bond acceptors (Lipinski definition) is 3. The summed E-state index contributed by atoms with van der Waals surface area (Å²) in [5.74, 6) is 0. The molecule has 1 fully saturated rings. The molecule has 1 aliphatic rings. The van der Waals surface area contributed by atoms with Crippen LogP contribution in [0.25, 0.3) is 0 Å². The molecule has 0 amide bonds. The van der Waals surface area contributed by atoms with E-state index in [1.165, 1.54) is 11.3 Å². The highest BCUT2D eigenvalue weighted by Gasteiger charge is 2.51. The Morgan fingerprint density at radius 1 is 1.00 bits per heavy atom. The summed E-state index contributed by atoms with van der Waals surface area (Å²) < 4.78 is 14.4. The average Bonchev–Trinajstić information content (AvgIpc) is 2.89. The lowest BCUT2D eigenvalue weighted by Crippen LogP contribution is -2.41. The van der Waals surface area contributed by atoms with Crippen LogP contribution in [-0.4, -0.2) is 27.9 Å². The third kappa shape index (κ3) is 2.95. The molecule has 2 heterocycles. The van der Waals surface area contributed by atoms with E-state index in [9.17, 15) is 0 Å². The van der Waals surface area contributed by atoms with Gasteiger partial charge < -0.3 is 13.9 Å². The molecule has 5 heteroatoms. The lowest BCUT2D eigenvalue weighted by molar-refractivity contribution is 0.00578. The largest absolute Gasteiger partial charge is 0.494 e. The van der Waals surface area contributed by atoms with Crippen molar-refractivity contribution >= 4 is 12.6 Å². The Morgan fingerprint density at radius 3 is 2.04 bits per heavy atom. The van der Waals surface area contributed by atoms with E-state index in [-0.39, 0.29) is 18.3 Å². The van der Waals surface area contributed by atoms with Gasteiger partial charge in [0, 0.05) is 12.2 Å². The first kappa shape index (κ1) is 16.3. The molecule has 1 aliphatic heterocycles. The molecule has 3 rings (SSSR count). The minimum absolute atomic E-state index is 0.300. The summed E-state index contributed by atoms with van der Waals surface area (Å²) >= 11 is 0. The lowest BCUT2D eigenvalue weighted by Gasteiger charge is -2.32. The van der Waals surface area contributed by atoms with Crippen LogP contribution >= 0.6 is 0 Å². The Kier molecular flexibility index (Phi) is 3.89. The highest BCUT2D eigenvalue weighted by molar-refractivity contribution is 6.62. The number of imidazole rings is 1. The molecule has 1 saturated heterocycles. The highest BCUT2D eigenvalue weighted by atomic mass is 16.7. The quantitative estimate of drug-likeness (QED) is 0.818. The maximum Gasteiger partial charge on any atom is 0.494 e. The van der Waals surface area contributed by atoms with Gasteiger partial charge in [-0.05, 0) is 52.6 Å². The van der Waals surface area contributed by atoms with Gasteiger partial charge in [-0.1, -0.05) is 24.3 Å². The van der Waals surface area contributed by atoms with E-state index in [2.05, 4.69) is 68.4 Å². The van der Waals surface area contributed by atoms with Gasteiger partial charge in [0.1, 0.15) is 0 Å². The zero-order valence-electron chi connectivity index (χ0n) is 14.9. The number of hydrogen-bond donors (Lipinski definition) is 0. The maximum absolute atomic E-state index is 6.09. The fourth-order valence-corrected chi connectivity index (χ4v) is 2.66. The van der Waals surface area contributed by atoms with Gasteiger partial charge in [0.25, 0.3) is 0 Å². The van der Waals surface area contributed by atoms with Crippen molar-refractivity contribution in [2.24, 2.45) is 0 Å². The lowest BCUT2D eigenvalue weighted by atomic mass is 9.79. The summed E-state index contributed by atoms with van der Waals surface area (Å²) in [5, 5.41) is 0. The molecule has 0 spiro atoms. The second-order valence-corrected chi connectivity index (χ2v) is 7.37. The standard InChI is InChI=1S/C18H25BN2O2/c1-13-14(2)21(12-20-13)11-15-7-9-16(10-8-15)19-22-17(3,4)18(5,6)23-19/h7-10,12H,11H2,1-6H3. The fourth-order valence-electron chi connectivity index (χ4n) is 2.66. The number of aromatic nitrogens is 2. The molecule has 122 valence electrons. The molecule has 4 nitrogen and oxygen atoms in total. The molecule has 0 aliphatic carbocycles. The molecule has 0 radical (unpaired) electrons. The van der Waals surface area contributed by atoms with E-state index < -0.39 is 0 Å². The number of aryl methyl sites for hydroxylation is 1. The Labute approximate surface area is 139 Å². The summed E-state index contributed by atoms with van der Waals surface area (Å²) in [4.78, 5) is 4.35. The van der Waals surface area contributed by atoms with E-state index in [0.717, 1.165) is 17.7 Å². The topological polar surface area (TPSA) is 36.3 Å². The second-order valence-electron chi connectivity index (χ2n) is 7.37. The molecule has 0 atom stereocenters. The summed E-state index contributed by atoms with van der Waals surface area (Å²) in [6.45, 7) is 13.3. The van der Waals surface area contributed by atoms with Crippen LogP contribution in [-0.2, 0) is 15.9 Å². The number of nitrogens with zero attached hydrogens (tertiary/aromatic N) is 2. The number of benzene rings is 1. The Hall–Kier alpha value is -1.59. The van der Waals surface area contributed by atoms with Crippen LogP contribution in [0.5, 0.6) is 0 Å². The van der Waals surface area contributed by atoms with Gasteiger partial charge in [0.2, 0.25) is 0 Å². The van der Waals surface area contributed by atoms with E-state index in [0.29, 0.717) is 0 Å². The molecule has 23 heavy (non-hydrogen) atoms. The van der Waals surface area contributed by atoms with Gasteiger partial charge in [-0.3, -0.25) is 0 Å². The van der Waals surface area contributed by atoms with Crippen molar-refractivity contribution in [1.82, 2.24) is 9.55 Å². The molecule has 0 N–H and O–H groups in total. The average molecular weight is 312 g/mol. The molecule has 0 unspecified atom stereocenters. The van der Waals surface area contributed by atoms with Gasteiger partial charge in [-0.15, -0.1) is 0 Å². The highest BCUT2D eigenvalue weighted by Crippen LogP contribution is 2.36. The van der Waals surface area contributed by atoms with Crippen molar-refractivity contribution in [2.75, 3.05) is 0 Å². The molecule has 2 aromatic rings. The second kappa shape index (κ2) is 5.50. The third-order valence-electron chi connectivity index (χ3n) is 5.20. The van der Waals surface area contributed by atoms with E-state index in [1.54, 1.807) is 0 Å². The number of rotatable bonds is 3. The van der Waals surface area contributed by atoms with Gasteiger partial charge in [-0.25, -0.2) is 4.98 Å². The summed E-state index contributed by atoms with van der Waals surface area (Å²) in [6, 6.07) is 8.46. The van der Waals surface area contributed by atoms with Crippen LogP contribution in [0.3, 0.4) is 0 Å². The van der Waals surface area contributed by atoms with Crippen molar-refractivity contribution in [1.29, 1.82) is 0 Å². The van der Waals surface area contributed by atoms with Gasteiger partial charge in [-0.2, -0.15) is 0 Å². The van der Waals surface area contributed by atoms with Crippen LogP contribution in [0.2, 0.25) is 0 Å². The minimum atomic E-state index is -0.304. The van der Waals surface area contributed by atoms with Gasteiger partial charge >= 0.3 is 7.12 Å². The van der Waals surface area contributed by atoms with Crippen LogP contribution in [0.4, 0.5) is 0 Å². The molecular weight excluding hydrogens is 287 g/mol. The molecular formula is C18H25BN2O2. The minimum Gasteiger partial charge on any atom is -0.399 e. The van der Waals surface area contributed by atoms with Gasteiger partial charge in [0.15, 0.2) is 0 Å². The molecule has 1 aromatic heterocycles. The van der Waals surface area contributed by atoms with Crippen LogP contribution in [0, 0.1) is 13.8 Å². The first-order valence-electron chi connectivity index (χ1n) is 8.12. The van der Waals surface area contributed by atoms with Crippen molar-refractivity contribution < 1.29 is 9.31 Å². The van der Waals surface area contributed by atoms with Gasteiger partial charge in [0.05, 0.1) is 23.2 Å². The Morgan fingerprint density at radius 2 is 1.57 bits per heavy atom. The van der Waals surface area contributed by atoms with E-state index in [4.69, 9.17) is 9.31 Å². The predicted octanol–water partition coefficient (Wildman–Crippen LogP) is 2.85. The Balaban J connectivity index is 1.74. The SMILES string of the molecule is Cc1ncn(Cc2ccc(B3OC(C)(C)C(C)(C)O3)cc2)c1C. The maximum atomic E-state index is 6.09. The smallest absolute Gasteiger partial charge is 0.399 e. The Bertz CT molecular complexity index is 688. The summed E-state index contributed by atoms with van der Waals surface area (Å²) in [5.41, 5.74) is 3.99. The van der Waals surface area contributed by atoms with Crippen molar-refractivity contribution in [3.63, 3.8) is 0 Å². The van der Waals surface area contributed by atoms with E-state index in [1.807, 2.05) is 13.3 Å². The van der Waals surface area contributed by atoms with Crippen molar-refractivity contribution in [3.05, 3.63) is 47.5 Å². The summed E-state index contributed by atoms with van der Waals surface area (Å²) in [7, 11) is -0.300. The van der Waals surface area contributed by atoms with E-state index >= 15 is 0 Å². The normalized spacial score (nSPS) is 19.3. The molecule has 1 aromatic carbocycles. The first-order chi connectivity index (χ1) is 10.7. The van der Waals surface area contributed by atoms with Crippen molar-refractivity contribution in [3.8, 4) is 0 Å². The van der Waals surface area contributed by atoms with Crippen LogP contribution < -0.4 is 5.46 Å². The molecule has 0 bridgehead atoms. The zero-order chi connectivity index (χ0) is 16.8. The fraction of sp³-hybridized carbons (Fsp3) is 0.500. The monoisotopic (exact) mass is 312 g/mol. The van der Waals surface area contributed by atoms with Crippen molar-refractivity contribution in [2.45, 2.75) is 59.3 Å². The predicted molar refractivity (Wildman–Crippen MR) is 93.0 cm³/mol. The third-order valence-corrected chi connectivity index (χ3v) is 5.20. The summed E-state index contributed by atoms with van der Waals surface area (Å²) in [6.07, 6.45) is 1.90.